The van der Waals surface area contributed by atoms with Gasteiger partial charge in [0.05, 0.1) is 13.2 Å². The molecular formula is C21H35O3P. The first-order valence-electron chi connectivity index (χ1n) is 9.58. The van der Waals surface area contributed by atoms with Crippen molar-refractivity contribution in [3.05, 3.63) is 28.8 Å². The molecule has 2 rings (SSSR count). The van der Waals surface area contributed by atoms with Gasteiger partial charge in [0.2, 0.25) is 0 Å². The molecule has 1 aliphatic heterocycles. The summed E-state index contributed by atoms with van der Waals surface area (Å²) in [4.78, 5) is 0. The third-order valence-electron chi connectivity index (χ3n) is 5.54. The fourth-order valence-electron chi connectivity index (χ4n) is 3.31. The molecule has 0 aliphatic carbocycles. The quantitative estimate of drug-likeness (QED) is 0.510. The third-order valence-corrected chi connectivity index (χ3v) is 6.56. The first-order chi connectivity index (χ1) is 11.7. The molecule has 0 amide bonds. The maximum atomic E-state index is 6.33. The van der Waals surface area contributed by atoms with Gasteiger partial charge in [-0.15, -0.1) is 0 Å². The van der Waals surface area contributed by atoms with Crippen molar-refractivity contribution in [2.24, 2.45) is 11.3 Å². The highest BCUT2D eigenvalue weighted by molar-refractivity contribution is 7.42. The second kappa shape index (κ2) is 8.37. The minimum Gasteiger partial charge on any atom is -0.426 e. The second-order valence-corrected chi connectivity index (χ2v) is 9.46. The van der Waals surface area contributed by atoms with Gasteiger partial charge < -0.3 is 13.6 Å². The third kappa shape index (κ3) is 4.56. The number of rotatable bonds is 6. The Bertz CT molecular complexity index is 543. The molecule has 0 spiro atoms. The van der Waals surface area contributed by atoms with Crippen LogP contribution in [0, 0.1) is 18.3 Å². The monoisotopic (exact) mass is 366 g/mol. The molecule has 3 nitrogen and oxygen atoms in total. The van der Waals surface area contributed by atoms with Crippen LogP contribution in [0.4, 0.5) is 0 Å². The van der Waals surface area contributed by atoms with Crippen molar-refractivity contribution in [3.8, 4) is 5.75 Å². The molecule has 142 valence electrons. The van der Waals surface area contributed by atoms with E-state index in [9.17, 15) is 0 Å². The van der Waals surface area contributed by atoms with E-state index in [-0.39, 0.29) is 5.41 Å². The van der Waals surface area contributed by atoms with Crippen LogP contribution in [0.25, 0.3) is 0 Å². The molecule has 1 fully saturated rings. The topological polar surface area (TPSA) is 27.7 Å². The van der Waals surface area contributed by atoms with Gasteiger partial charge in [0, 0.05) is 5.41 Å². The minimum atomic E-state index is -1.33. The smallest absolute Gasteiger partial charge is 0.397 e. The summed E-state index contributed by atoms with van der Waals surface area (Å²) in [5, 5.41) is 0. The molecule has 4 heteroatoms. The van der Waals surface area contributed by atoms with Crippen molar-refractivity contribution in [3.63, 3.8) is 0 Å². The summed E-state index contributed by atoms with van der Waals surface area (Å²) in [7, 11) is -1.33. The van der Waals surface area contributed by atoms with E-state index in [1.165, 1.54) is 16.7 Å². The Morgan fingerprint density at radius 3 is 1.84 bits per heavy atom. The van der Waals surface area contributed by atoms with Crippen LogP contribution < -0.4 is 4.52 Å². The largest absolute Gasteiger partial charge is 0.426 e. The molecule has 0 atom stereocenters. The van der Waals surface area contributed by atoms with E-state index >= 15 is 0 Å². The molecule has 0 unspecified atom stereocenters. The Morgan fingerprint density at radius 2 is 1.48 bits per heavy atom. The number of aryl methyl sites for hydroxylation is 1. The summed E-state index contributed by atoms with van der Waals surface area (Å²) >= 11 is 0. The van der Waals surface area contributed by atoms with Gasteiger partial charge in [-0.3, -0.25) is 0 Å². The van der Waals surface area contributed by atoms with Gasteiger partial charge in [0.25, 0.3) is 0 Å². The second-order valence-electron chi connectivity index (χ2n) is 8.31. The lowest BCUT2D eigenvalue weighted by atomic mass is 9.76. The van der Waals surface area contributed by atoms with Crippen molar-refractivity contribution in [2.45, 2.75) is 73.6 Å². The average molecular weight is 366 g/mol. The fourth-order valence-corrected chi connectivity index (χ4v) is 4.57. The predicted molar refractivity (Wildman–Crippen MR) is 106 cm³/mol. The van der Waals surface area contributed by atoms with Crippen LogP contribution in [0.15, 0.2) is 12.1 Å². The van der Waals surface area contributed by atoms with E-state index in [0.29, 0.717) is 31.0 Å². The maximum absolute atomic E-state index is 6.33. The van der Waals surface area contributed by atoms with Gasteiger partial charge in [-0.1, -0.05) is 66.2 Å². The fraction of sp³-hybridized carbons (Fsp3) is 0.714. The standard InChI is InChI=1S/C21H35O3P/c1-9-21(16(6)7)12-22-25(23-13-21)24-20-18(14(2)3)10-17(8)11-19(20)15(4)5/h10-11,14-16H,9,12-13H2,1-8H3. The first-order valence-corrected chi connectivity index (χ1v) is 10.7. The van der Waals surface area contributed by atoms with E-state index < -0.39 is 8.60 Å². The van der Waals surface area contributed by atoms with Crippen LogP contribution in [-0.4, -0.2) is 13.2 Å². The molecule has 1 aromatic carbocycles. The van der Waals surface area contributed by atoms with E-state index in [1.807, 2.05) is 0 Å². The van der Waals surface area contributed by atoms with Crippen LogP contribution in [-0.2, 0) is 9.05 Å². The molecule has 1 heterocycles. The number of hydrogen-bond donors (Lipinski definition) is 0. The van der Waals surface area contributed by atoms with Crippen LogP contribution in [0.1, 0.15) is 83.4 Å². The van der Waals surface area contributed by atoms with Crippen LogP contribution in [0.3, 0.4) is 0 Å². The highest BCUT2D eigenvalue weighted by atomic mass is 31.2. The molecule has 1 aromatic rings. The summed E-state index contributed by atoms with van der Waals surface area (Å²) in [6.45, 7) is 19.1. The molecular weight excluding hydrogens is 331 g/mol. The normalized spacial score (nSPS) is 24.4. The number of hydrogen-bond acceptors (Lipinski definition) is 3. The van der Waals surface area contributed by atoms with Gasteiger partial charge in [-0.05, 0) is 42.2 Å². The van der Waals surface area contributed by atoms with Crippen molar-refractivity contribution >= 4 is 8.60 Å². The van der Waals surface area contributed by atoms with Crippen molar-refractivity contribution in [1.82, 2.24) is 0 Å². The zero-order valence-electron chi connectivity index (χ0n) is 17.2. The Balaban J connectivity index is 2.23. The summed E-state index contributed by atoms with van der Waals surface area (Å²) in [5.74, 6) is 2.30. The Labute approximate surface area is 155 Å². The van der Waals surface area contributed by atoms with Crippen LogP contribution in [0.5, 0.6) is 5.75 Å². The van der Waals surface area contributed by atoms with Gasteiger partial charge in [-0.2, -0.15) is 0 Å². The summed E-state index contributed by atoms with van der Waals surface area (Å²) < 4.78 is 18.5. The molecule has 1 saturated heterocycles. The predicted octanol–water partition coefficient (Wildman–Crippen LogP) is 6.95. The van der Waals surface area contributed by atoms with E-state index in [2.05, 4.69) is 67.5 Å². The van der Waals surface area contributed by atoms with Crippen molar-refractivity contribution < 1.29 is 13.6 Å². The molecule has 0 N–H and O–H groups in total. The molecule has 1 aliphatic rings. The van der Waals surface area contributed by atoms with Crippen molar-refractivity contribution in [1.29, 1.82) is 0 Å². The highest BCUT2D eigenvalue weighted by Gasteiger charge is 2.40. The average Bonchev–Trinajstić information content (AvgIpc) is 2.56. The van der Waals surface area contributed by atoms with Gasteiger partial charge in [0.15, 0.2) is 0 Å². The van der Waals surface area contributed by atoms with Gasteiger partial charge in [0.1, 0.15) is 5.75 Å². The first kappa shape index (κ1) is 20.7. The van der Waals surface area contributed by atoms with Gasteiger partial charge in [-0.25, -0.2) is 0 Å². The molecule has 0 radical (unpaired) electrons. The van der Waals surface area contributed by atoms with E-state index in [4.69, 9.17) is 13.6 Å². The summed E-state index contributed by atoms with van der Waals surface area (Å²) in [6.07, 6.45) is 1.06. The highest BCUT2D eigenvalue weighted by Crippen LogP contribution is 2.52. The Kier molecular flexibility index (Phi) is 6.93. The lowest BCUT2D eigenvalue weighted by Crippen LogP contribution is -2.39. The Morgan fingerprint density at radius 1 is 1.00 bits per heavy atom. The Hall–Kier alpha value is -0.630. The van der Waals surface area contributed by atoms with Crippen LogP contribution >= 0.6 is 8.60 Å². The summed E-state index contributed by atoms with van der Waals surface area (Å²) in [5.41, 5.74) is 3.88. The van der Waals surface area contributed by atoms with E-state index in [1.54, 1.807) is 0 Å². The molecule has 0 aromatic heterocycles. The number of benzene rings is 1. The van der Waals surface area contributed by atoms with E-state index in [0.717, 1.165) is 12.2 Å². The van der Waals surface area contributed by atoms with Gasteiger partial charge >= 0.3 is 8.60 Å². The summed E-state index contributed by atoms with van der Waals surface area (Å²) in [6, 6.07) is 4.46. The zero-order chi connectivity index (χ0) is 18.8. The molecule has 0 bridgehead atoms. The SMILES string of the molecule is CCC1(C(C)C)COP(Oc2c(C(C)C)cc(C)cc2C(C)C)OC1. The molecule has 0 saturated carbocycles. The van der Waals surface area contributed by atoms with Crippen molar-refractivity contribution in [2.75, 3.05) is 13.2 Å². The zero-order valence-corrected chi connectivity index (χ0v) is 18.1. The maximum Gasteiger partial charge on any atom is 0.397 e. The lowest BCUT2D eigenvalue weighted by molar-refractivity contribution is -0.0161. The minimum absolute atomic E-state index is 0.108. The van der Waals surface area contributed by atoms with Crippen LogP contribution in [0.2, 0.25) is 0 Å². The lowest BCUT2D eigenvalue weighted by Gasteiger charge is -2.41. The molecule has 25 heavy (non-hydrogen) atoms.